The van der Waals surface area contributed by atoms with Gasteiger partial charge in [-0.2, -0.15) is 0 Å². The van der Waals surface area contributed by atoms with Crippen molar-refractivity contribution in [2.45, 2.75) is 45.4 Å². The van der Waals surface area contributed by atoms with E-state index in [1.807, 2.05) is 38.1 Å². The first-order valence-electron chi connectivity index (χ1n) is 8.02. The molecule has 6 heteroatoms. The standard InChI is InChI=1S/C17H25N3O3/c1-11(2)15(18)17(22)19-10-12-5-3-6-13(9-12)20-16(21)14-7-4-8-23-14/h3,5-6,9,11,14-15H,4,7-8,10,18H2,1-2H3,(H,19,22)(H,20,21)/t14?,15-/m0/s1. The van der Waals surface area contributed by atoms with Gasteiger partial charge in [0.1, 0.15) is 6.10 Å². The maximum atomic E-state index is 12.0. The number of anilines is 1. The number of carbonyl (C=O) groups excluding carboxylic acids is 2. The Kier molecular flexibility index (Phi) is 6.12. The van der Waals surface area contributed by atoms with Gasteiger partial charge in [-0.1, -0.05) is 26.0 Å². The molecular weight excluding hydrogens is 294 g/mol. The molecule has 1 aromatic rings. The van der Waals surface area contributed by atoms with Crippen molar-refractivity contribution in [3.63, 3.8) is 0 Å². The second-order valence-electron chi connectivity index (χ2n) is 6.18. The Morgan fingerprint density at radius 2 is 2.17 bits per heavy atom. The van der Waals surface area contributed by atoms with E-state index < -0.39 is 6.04 Å². The molecule has 1 saturated heterocycles. The van der Waals surface area contributed by atoms with Crippen LogP contribution in [0.1, 0.15) is 32.3 Å². The predicted octanol–water partition coefficient (Wildman–Crippen LogP) is 1.40. The number of rotatable bonds is 6. The maximum Gasteiger partial charge on any atom is 0.253 e. The summed E-state index contributed by atoms with van der Waals surface area (Å²) in [6.07, 6.45) is 1.32. The summed E-state index contributed by atoms with van der Waals surface area (Å²) in [5.74, 6) is -0.202. The van der Waals surface area contributed by atoms with Crippen molar-refractivity contribution in [3.05, 3.63) is 29.8 Å². The minimum Gasteiger partial charge on any atom is -0.368 e. The third-order valence-corrected chi connectivity index (χ3v) is 3.90. The van der Waals surface area contributed by atoms with Crippen molar-refractivity contribution in [1.82, 2.24) is 5.32 Å². The lowest BCUT2D eigenvalue weighted by Crippen LogP contribution is -2.43. The van der Waals surface area contributed by atoms with Crippen molar-refractivity contribution < 1.29 is 14.3 Å². The number of carbonyl (C=O) groups is 2. The number of hydrogen-bond donors (Lipinski definition) is 3. The highest BCUT2D eigenvalue weighted by Gasteiger charge is 2.23. The Morgan fingerprint density at radius 3 is 2.83 bits per heavy atom. The molecule has 2 rings (SSSR count). The first kappa shape index (κ1) is 17.4. The number of ether oxygens (including phenoxy) is 1. The molecule has 1 aromatic carbocycles. The van der Waals surface area contributed by atoms with Gasteiger partial charge in [0, 0.05) is 18.8 Å². The van der Waals surface area contributed by atoms with Gasteiger partial charge >= 0.3 is 0 Å². The second-order valence-corrected chi connectivity index (χ2v) is 6.18. The molecule has 1 aliphatic heterocycles. The van der Waals surface area contributed by atoms with Crippen LogP contribution >= 0.6 is 0 Å². The van der Waals surface area contributed by atoms with Crippen LogP contribution in [0.15, 0.2) is 24.3 Å². The van der Waals surface area contributed by atoms with Gasteiger partial charge in [-0.15, -0.1) is 0 Å². The largest absolute Gasteiger partial charge is 0.368 e. The van der Waals surface area contributed by atoms with Gasteiger partial charge in [-0.05, 0) is 36.5 Å². The number of hydrogen-bond acceptors (Lipinski definition) is 4. The highest BCUT2D eigenvalue weighted by Crippen LogP contribution is 2.16. The lowest BCUT2D eigenvalue weighted by atomic mass is 10.0. The van der Waals surface area contributed by atoms with E-state index >= 15 is 0 Å². The van der Waals surface area contributed by atoms with Gasteiger partial charge < -0.3 is 21.1 Å². The van der Waals surface area contributed by atoms with Gasteiger partial charge in [-0.3, -0.25) is 9.59 Å². The molecule has 6 nitrogen and oxygen atoms in total. The first-order chi connectivity index (χ1) is 11.0. The molecule has 4 N–H and O–H groups in total. The molecular formula is C17H25N3O3. The van der Waals surface area contributed by atoms with Crippen LogP contribution in [0, 0.1) is 5.92 Å². The maximum absolute atomic E-state index is 12.0. The highest BCUT2D eigenvalue weighted by molar-refractivity contribution is 5.94. The molecule has 1 aliphatic rings. The Labute approximate surface area is 136 Å². The van der Waals surface area contributed by atoms with E-state index in [-0.39, 0.29) is 23.8 Å². The summed E-state index contributed by atoms with van der Waals surface area (Å²) in [5.41, 5.74) is 7.41. The summed E-state index contributed by atoms with van der Waals surface area (Å²) in [5, 5.41) is 5.67. The Morgan fingerprint density at radius 1 is 1.39 bits per heavy atom. The van der Waals surface area contributed by atoms with E-state index in [4.69, 9.17) is 10.5 Å². The molecule has 1 unspecified atom stereocenters. The molecule has 1 heterocycles. The minimum atomic E-state index is -0.516. The molecule has 23 heavy (non-hydrogen) atoms. The monoisotopic (exact) mass is 319 g/mol. The quantitative estimate of drug-likeness (QED) is 0.739. The number of amides is 2. The van der Waals surface area contributed by atoms with Crippen LogP contribution in [-0.4, -0.2) is 30.6 Å². The number of nitrogens with one attached hydrogen (secondary N) is 2. The van der Waals surface area contributed by atoms with Crippen LogP contribution in [0.25, 0.3) is 0 Å². The third-order valence-electron chi connectivity index (χ3n) is 3.90. The smallest absolute Gasteiger partial charge is 0.253 e. The summed E-state index contributed by atoms with van der Waals surface area (Å²) in [7, 11) is 0. The van der Waals surface area contributed by atoms with Crippen LogP contribution in [0.2, 0.25) is 0 Å². The lowest BCUT2D eigenvalue weighted by Gasteiger charge is -2.16. The minimum absolute atomic E-state index is 0.0898. The van der Waals surface area contributed by atoms with Crippen molar-refractivity contribution >= 4 is 17.5 Å². The van der Waals surface area contributed by atoms with Crippen LogP contribution < -0.4 is 16.4 Å². The van der Waals surface area contributed by atoms with E-state index in [0.29, 0.717) is 18.8 Å². The zero-order valence-corrected chi connectivity index (χ0v) is 13.7. The second kappa shape index (κ2) is 8.08. The SMILES string of the molecule is CC(C)[C@H](N)C(=O)NCc1cccc(NC(=O)C2CCCO2)c1. The van der Waals surface area contributed by atoms with Crippen LogP contribution in [0.3, 0.4) is 0 Å². The van der Waals surface area contributed by atoms with E-state index in [2.05, 4.69) is 10.6 Å². The lowest BCUT2D eigenvalue weighted by molar-refractivity contribution is -0.125. The van der Waals surface area contributed by atoms with Crippen molar-refractivity contribution in [1.29, 1.82) is 0 Å². The highest BCUT2D eigenvalue weighted by atomic mass is 16.5. The van der Waals surface area contributed by atoms with Crippen molar-refractivity contribution in [2.75, 3.05) is 11.9 Å². The molecule has 0 aliphatic carbocycles. The van der Waals surface area contributed by atoms with Crippen molar-refractivity contribution in [2.24, 2.45) is 11.7 Å². The van der Waals surface area contributed by atoms with Crippen LogP contribution in [-0.2, 0) is 20.9 Å². The fraction of sp³-hybridized carbons (Fsp3) is 0.529. The zero-order valence-electron chi connectivity index (χ0n) is 13.7. The fourth-order valence-corrected chi connectivity index (χ4v) is 2.38. The van der Waals surface area contributed by atoms with Gasteiger partial charge in [0.15, 0.2) is 0 Å². The first-order valence-corrected chi connectivity index (χ1v) is 8.02. The average Bonchev–Trinajstić information content (AvgIpc) is 3.06. The molecule has 2 atom stereocenters. The molecule has 2 amide bonds. The Balaban J connectivity index is 1.89. The normalized spacial score (nSPS) is 18.7. The van der Waals surface area contributed by atoms with E-state index in [0.717, 1.165) is 18.4 Å². The summed E-state index contributed by atoms with van der Waals surface area (Å²) in [6, 6.07) is 6.88. The molecule has 0 aromatic heterocycles. The molecule has 0 spiro atoms. The van der Waals surface area contributed by atoms with E-state index in [1.54, 1.807) is 0 Å². The topological polar surface area (TPSA) is 93.5 Å². The summed E-state index contributed by atoms with van der Waals surface area (Å²) < 4.78 is 5.36. The number of nitrogens with two attached hydrogens (primary N) is 1. The summed E-state index contributed by atoms with van der Waals surface area (Å²) >= 11 is 0. The van der Waals surface area contributed by atoms with Crippen LogP contribution in [0.5, 0.6) is 0 Å². The summed E-state index contributed by atoms with van der Waals surface area (Å²) in [4.78, 5) is 23.9. The van der Waals surface area contributed by atoms with Crippen LogP contribution in [0.4, 0.5) is 5.69 Å². The molecule has 126 valence electrons. The van der Waals surface area contributed by atoms with Gasteiger partial charge in [0.05, 0.1) is 6.04 Å². The predicted molar refractivity (Wildman–Crippen MR) is 88.7 cm³/mol. The Hall–Kier alpha value is -1.92. The van der Waals surface area contributed by atoms with E-state index in [9.17, 15) is 9.59 Å². The third kappa shape index (κ3) is 5.04. The molecule has 0 saturated carbocycles. The van der Waals surface area contributed by atoms with Crippen molar-refractivity contribution in [3.8, 4) is 0 Å². The number of benzene rings is 1. The fourth-order valence-electron chi connectivity index (χ4n) is 2.38. The zero-order chi connectivity index (χ0) is 16.8. The molecule has 1 fully saturated rings. The van der Waals surface area contributed by atoms with Gasteiger partial charge in [0.25, 0.3) is 5.91 Å². The average molecular weight is 319 g/mol. The van der Waals surface area contributed by atoms with Gasteiger partial charge in [0.2, 0.25) is 5.91 Å². The molecule has 0 bridgehead atoms. The van der Waals surface area contributed by atoms with Gasteiger partial charge in [-0.25, -0.2) is 0 Å². The molecule has 0 radical (unpaired) electrons. The Bertz CT molecular complexity index is 554. The van der Waals surface area contributed by atoms with E-state index in [1.165, 1.54) is 0 Å². The summed E-state index contributed by atoms with van der Waals surface area (Å²) in [6.45, 7) is 4.83.